The van der Waals surface area contributed by atoms with Gasteiger partial charge in [0.05, 0.1) is 6.04 Å². The topological polar surface area (TPSA) is 37.8 Å². The molecule has 2 aromatic rings. The van der Waals surface area contributed by atoms with Crippen molar-refractivity contribution in [1.29, 1.82) is 0 Å². The maximum Gasteiger partial charge on any atom is 0.143 e. The lowest BCUT2D eigenvalue weighted by atomic mass is 9.95. The Balaban J connectivity index is 1.93. The first-order valence-electron chi connectivity index (χ1n) is 5.78. The third-order valence-corrected chi connectivity index (χ3v) is 4.24. The van der Waals surface area contributed by atoms with E-state index >= 15 is 0 Å². The van der Waals surface area contributed by atoms with Crippen molar-refractivity contribution in [3.63, 3.8) is 0 Å². The summed E-state index contributed by atoms with van der Waals surface area (Å²) in [6, 6.07) is 4.42. The van der Waals surface area contributed by atoms with Gasteiger partial charge < -0.3 is 5.32 Å². The van der Waals surface area contributed by atoms with Gasteiger partial charge in [0.25, 0.3) is 0 Å². The van der Waals surface area contributed by atoms with E-state index in [0.717, 1.165) is 22.8 Å². The molecule has 0 saturated carbocycles. The molecule has 1 aliphatic heterocycles. The smallest absolute Gasteiger partial charge is 0.143 e. The van der Waals surface area contributed by atoms with E-state index in [0.29, 0.717) is 6.04 Å². The number of pyridine rings is 1. The molecular weight excluding hydrogens is 218 g/mol. The third-order valence-electron chi connectivity index (χ3n) is 3.15. The number of nitrogens with zero attached hydrogens (tertiary/aromatic N) is 2. The maximum atomic E-state index is 4.66. The molecule has 3 rings (SSSR count). The molecule has 3 heterocycles. The van der Waals surface area contributed by atoms with E-state index in [-0.39, 0.29) is 0 Å². The molecule has 16 heavy (non-hydrogen) atoms. The number of hydrogen-bond donors (Lipinski definition) is 1. The van der Waals surface area contributed by atoms with Crippen LogP contribution in [0.15, 0.2) is 18.3 Å². The average Bonchev–Trinajstić information content (AvgIpc) is 2.72. The number of fused-ring (bicyclic) bond motifs is 1. The molecule has 0 bridgehead atoms. The monoisotopic (exact) mass is 233 g/mol. The van der Waals surface area contributed by atoms with Crippen LogP contribution in [0.25, 0.3) is 10.3 Å². The molecular formula is C12H15N3S. The van der Waals surface area contributed by atoms with Crippen LogP contribution in [-0.4, -0.2) is 16.5 Å². The quantitative estimate of drug-likeness (QED) is 0.823. The zero-order chi connectivity index (χ0) is 11.0. The summed E-state index contributed by atoms with van der Waals surface area (Å²) < 4.78 is 0. The van der Waals surface area contributed by atoms with Gasteiger partial charge in [0.1, 0.15) is 15.4 Å². The first-order valence-corrected chi connectivity index (χ1v) is 6.59. The fourth-order valence-electron chi connectivity index (χ4n) is 2.23. The molecule has 0 radical (unpaired) electrons. The first-order chi connectivity index (χ1) is 7.83. The lowest BCUT2D eigenvalue weighted by Gasteiger charge is -2.26. The van der Waals surface area contributed by atoms with Crippen molar-refractivity contribution in [2.45, 2.75) is 25.8 Å². The van der Waals surface area contributed by atoms with Gasteiger partial charge in [0.2, 0.25) is 0 Å². The van der Waals surface area contributed by atoms with E-state index in [1.165, 1.54) is 17.8 Å². The molecule has 2 aromatic heterocycles. The molecule has 4 heteroatoms. The van der Waals surface area contributed by atoms with E-state index in [4.69, 9.17) is 0 Å². The summed E-state index contributed by atoms with van der Waals surface area (Å²) in [7, 11) is 0. The van der Waals surface area contributed by atoms with Gasteiger partial charge in [0.15, 0.2) is 0 Å². The van der Waals surface area contributed by atoms with Crippen LogP contribution in [0.3, 0.4) is 0 Å². The third kappa shape index (κ3) is 1.83. The molecule has 1 N–H and O–H groups in total. The van der Waals surface area contributed by atoms with Crippen molar-refractivity contribution in [2.24, 2.45) is 5.92 Å². The molecule has 3 nitrogen and oxygen atoms in total. The minimum atomic E-state index is 0.433. The SMILES string of the molecule is CC1CCNC(c2nc3cccnc3s2)C1. The lowest BCUT2D eigenvalue weighted by Crippen LogP contribution is -2.30. The number of rotatable bonds is 1. The first kappa shape index (κ1) is 10.2. The summed E-state index contributed by atoms with van der Waals surface area (Å²) in [5.74, 6) is 0.797. The molecule has 84 valence electrons. The second-order valence-corrected chi connectivity index (χ2v) is 5.53. The van der Waals surface area contributed by atoms with E-state index in [1.54, 1.807) is 11.3 Å². The zero-order valence-electron chi connectivity index (χ0n) is 9.31. The van der Waals surface area contributed by atoms with Crippen LogP contribution in [0, 0.1) is 5.92 Å². The summed E-state index contributed by atoms with van der Waals surface area (Å²) in [5.41, 5.74) is 1.03. The van der Waals surface area contributed by atoms with Crippen LogP contribution < -0.4 is 5.32 Å². The standard InChI is InChI=1S/C12H15N3S/c1-8-4-6-13-10(7-8)12-15-9-3-2-5-14-11(9)16-12/h2-3,5,8,10,13H,4,6-7H2,1H3. The average molecular weight is 233 g/mol. The Morgan fingerprint density at radius 2 is 2.44 bits per heavy atom. The van der Waals surface area contributed by atoms with E-state index in [1.807, 2.05) is 18.3 Å². The van der Waals surface area contributed by atoms with Gasteiger partial charge in [-0.1, -0.05) is 18.3 Å². The Labute approximate surface area is 98.9 Å². The fourth-order valence-corrected chi connectivity index (χ4v) is 3.23. The highest BCUT2D eigenvalue weighted by Gasteiger charge is 2.22. The number of thiazole rings is 1. The molecule has 2 unspecified atom stereocenters. The van der Waals surface area contributed by atoms with Crippen LogP contribution in [0.4, 0.5) is 0 Å². The molecule has 0 aliphatic carbocycles. The Kier molecular flexibility index (Phi) is 2.61. The Hall–Kier alpha value is -1.00. The van der Waals surface area contributed by atoms with Crippen LogP contribution in [-0.2, 0) is 0 Å². The zero-order valence-corrected chi connectivity index (χ0v) is 10.1. The molecule has 1 aliphatic rings. The Morgan fingerprint density at radius 1 is 1.50 bits per heavy atom. The number of piperidine rings is 1. The highest BCUT2D eigenvalue weighted by molar-refractivity contribution is 7.18. The summed E-state index contributed by atoms with van der Waals surface area (Å²) >= 11 is 1.72. The molecule has 0 amide bonds. The summed E-state index contributed by atoms with van der Waals surface area (Å²) in [5, 5.41) is 4.74. The van der Waals surface area contributed by atoms with Gasteiger partial charge in [-0.05, 0) is 37.4 Å². The largest absolute Gasteiger partial charge is 0.308 e. The molecule has 0 aromatic carbocycles. The van der Waals surface area contributed by atoms with Crippen molar-refractivity contribution in [2.75, 3.05) is 6.54 Å². The highest BCUT2D eigenvalue weighted by Crippen LogP contribution is 2.31. The minimum absolute atomic E-state index is 0.433. The lowest BCUT2D eigenvalue weighted by molar-refractivity contribution is 0.325. The number of nitrogens with one attached hydrogen (secondary N) is 1. The summed E-state index contributed by atoms with van der Waals surface area (Å²) in [6.45, 7) is 3.43. The van der Waals surface area contributed by atoms with Gasteiger partial charge in [-0.3, -0.25) is 0 Å². The van der Waals surface area contributed by atoms with Crippen LogP contribution in [0.2, 0.25) is 0 Å². The predicted octanol–water partition coefficient (Wildman–Crippen LogP) is 2.75. The second-order valence-electron chi connectivity index (χ2n) is 4.52. The predicted molar refractivity (Wildman–Crippen MR) is 66.6 cm³/mol. The van der Waals surface area contributed by atoms with E-state index in [9.17, 15) is 0 Å². The summed E-state index contributed by atoms with van der Waals surface area (Å²) in [4.78, 5) is 10.1. The van der Waals surface area contributed by atoms with Crippen molar-refractivity contribution in [1.82, 2.24) is 15.3 Å². The van der Waals surface area contributed by atoms with E-state index in [2.05, 4.69) is 22.2 Å². The van der Waals surface area contributed by atoms with Crippen molar-refractivity contribution in [3.05, 3.63) is 23.3 Å². The fraction of sp³-hybridized carbons (Fsp3) is 0.500. The van der Waals surface area contributed by atoms with Crippen LogP contribution in [0.1, 0.15) is 30.8 Å². The maximum absolute atomic E-state index is 4.66. The van der Waals surface area contributed by atoms with Gasteiger partial charge in [0, 0.05) is 6.20 Å². The van der Waals surface area contributed by atoms with Crippen molar-refractivity contribution >= 4 is 21.7 Å². The number of aromatic nitrogens is 2. The molecule has 1 saturated heterocycles. The number of hydrogen-bond acceptors (Lipinski definition) is 4. The normalized spacial score (nSPS) is 26.1. The molecule has 0 spiro atoms. The Morgan fingerprint density at radius 3 is 3.25 bits per heavy atom. The van der Waals surface area contributed by atoms with Crippen LogP contribution in [0.5, 0.6) is 0 Å². The van der Waals surface area contributed by atoms with Gasteiger partial charge in [-0.2, -0.15) is 0 Å². The molecule has 1 fully saturated rings. The van der Waals surface area contributed by atoms with Gasteiger partial charge in [-0.25, -0.2) is 9.97 Å². The molecule has 2 atom stereocenters. The Bertz CT molecular complexity index is 461. The second kappa shape index (κ2) is 4.11. The van der Waals surface area contributed by atoms with Crippen molar-refractivity contribution < 1.29 is 0 Å². The van der Waals surface area contributed by atoms with Gasteiger partial charge >= 0.3 is 0 Å². The highest BCUT2D eigenvalue weighted by atomic mass is 32.1. The van der Waals surface area contributed by atoms with Gasteiger partial charge in [-0.15, -0.1) is 0 Å². The van der Waals surface area contributed by atoms with E-state index < -0.39 is 0 Å². The van der Waals surface area contributed by atoms with Crippen LogP contribution >= 0.6 is 11.3 Å². The minimum Gasteiger partial charge on any atom is -0.308 e. The summed E-state index contributed by atoms with van der Waals surface area (Å²) in [6.07, 6.45) is 4.31. The van der Waals surface area contributed by atoms with Crippen molar-refractivity contribution in [3.8, 4) is 0 Å².